The summed E-state index contributed by atoms with van der Waals surface area (Å²) in [5, 5.41) is 0. The van der Waals surface area contributed by atoms with Crippen LogP contribution in [-0.4, -0.2) is 32.9 Å². The Balaban J connectivity index is 1.69. The third-order valence-electron chi connectivity index (χ3n) is 5.83. The monoisotopic (exact) mass is 518 g/mol. The second-order valence-corrected chi connectivity index (χ2v) is 10.2. The van der Waals surface area contributed by atoms with Crippen LogP contribution in [0.1, 0.15) is 11.1 Å². The maximum atomic E-state index is 13.7. The first kappa shape index (κ1) is 25.9. The maximum Gasteiger partial charge on any atom is 0.264 e. The lowest BCUT2D eigenvalue weighted by Crippen LogP contribution is -2.42. The van der Waals surface area contributed by atoms with Crippen molar-refractivity contribution < 1.29 is 22.3 Å². The van der Waals surface area contributed by atoms with Crippen molar-refractivity contribution in [1.82, 2.24) is 4.90 Å². The minimum absolute atomic E-state index is 0.116. The molecular weight excluding hydrogens is 491 g/mol. The van der Waals surface area contributed by atoms with E-state index in [1.807, 2.05) is 60.7 Å². The zero-order valence-corrected chi connectivity index (χ0v) is 21.1. The van der Waals surface area contributed by atoms with Crippen molar-refractivity contribution in [3.8, 4) is 5.75 Å². The van der Waals surface area contributed by atoms with Crippen molar-refractivity contribution >= 4 is 21.6 Å². The van der Waals surface area contributed by atoms with Gasteiger partial charge < -0.3 is 9.64 Å². The molecule has 0 atom stereocenters. The number of nitrogens with zero attached hydrogens (tertiary/aromatic N) is 2. The Morgan fingerprint density at radius 1 is 0.757 bits per heavy atom. The largest absolute Gasteiger partial charge is 0.497 e. The lowest BCUT2D eigenvalue weighted by Gasteiger charge is -2.29. The fourth-order valence-electron chi connectivity index (χ4n) is 3.86. The number of halogens is 1. The molecule has 0 unspecified atom stereocenters. The number of amides is 1. The highest BCUT2D eigenvalue weighted by Crippen LogP contribution is 2.26. The van der Waals surface area contributed by atoms with Crippen LogP contribution in [0, 0.1) is 5.82 Å². The fourth-order valence-corrected chi connectivity index (χ4v) is 5.27. The van der Waals surface area contributed by atoms with Crippen LogP contribution in [0.3, 0.4) is 0 Å². The van der Waals surface area contributed by atoms with Crippen molar-refractivity contribution in [3.63, 3.8) is 0 Å². The van der Waals surface area contributed by atoms with E-state index in [-0.39, 0.29) is 16.5 Å². The van der Waals surface area contributed by atoms with Gasteiger partial charge in [0.15, 0.2) is 0 Å². The summed E-state index contributed by atoms with van der Waals surface area (Å²) in [5.41, 5.74) is 2.13. The van der Waals surface area contributed by atoms with Gasteiger partial charge in [-0.05, 0) is 59.7 Å². The number of carbonyl (C=O) groups excluding carboxylic acids is 1. The molecule has 4 aromatic rings. The van der Waals surface area contributed by atoms with E-state index >= 15 is 0 Å². The topological polar surface area (TPSA) is 66.9 Å². The standard InChI is InChI=1S/C29H27FN2O4S/c1-36-27-16-14-26(15-17-27)32(37(34,35)28-18-12-25(30)13-19-28)22-29(33)31(20-23-8-4-2-5-9-23)21-24-10-6-3-7-11-24/h2-19H,20-22H2,1H3. The molecule has 0 aliphatic rings. The Hall–Kier alpha value is -4.17. The van der Waals surface area contributed by atoms with E-state index in [1.54, 1.807) is 29.2 Å². The summed E-state index contributed by atoms with van der Waals surface area (Å²) in [5.74, 6) is -0.388. The van der Waals surface area contributed by atoms with E-state index in [2.05, 4.69) is 0 Å². The quantitative estimate of drug-likeness (QED) is 0.287. The molecule has 6 nitrogen and oxygen atoms in total. The molecule has 0 aliphatic heterocycles. The average Bonchev–Trinajstić information content (AvgIpc) is 2.92. The van der Waals surface area contributed by atoms with Gasteiger partial charge in [-0.2, -0.15) is 0 Å². The molecule has 4 aromatic carbocycles. The lowest BCUT2D eigenvalue weighted by molar-refractivity contribution is -0.130. The first-order chi connectivity index (χ1) is 17.9. The summed E-state index contributed by atoms with van der Waals surface area (Å²) >= 11 is 0. The van der Waals surface area contributed by atoms with Gasteiger partial charge in [0.2, 0.25) is 5.91 Å². The van der Waals surface area contributed by atoms with Crippen LogP contribution in [0.4, 0.5) is 10.1 Å². The van der Waals surface area contributed by atoms with Gasteiger partial charge >= 0.3 is 0 Å². The van der Waals surface area contributed by atoms with Crippen molar-refractivity contribution in [2.75, 3.05) is 18.0 Å². The highest BCUT2D eigenvalue weighted by atomic mass is 32.2. The van der Waals surface area contributed by atoms with Crippen molar-refractivity contribution in [2.45, 2.75) is 18.0 Å². The second-order valence-electron chi connectivity index (χ2n) is 8.38. The number of carbonyl (C=O) groups is 1. The van der Waals surface area contributed by atoms with Gasteiger partial charge in [0.25, 0.3) is 10.0 Å². The molecule has 0 bridgehead atoms. The Kier molecular flexibility index (Phi) is 8.20. The molecule has 0 fully saturated rings. The van der Waals surface area contributed by atoms with Crippen LogP contribution in [0.2, 0.25) is 0 Å². The highest BCUT2D eigenvalue weighted by molar-refractivity contribution is 7.92. The smallest absolute Gasteiger partial charge is 0.264 e. The van der Waals surface area contributed by atoms with Gasteiger partial charge in [-0.15, -0.1) is 0 Å². The Bertz CT molecular complexity index is 1370. The molecule has 0 heterocycles. The van der Waals surface area contributed by atoms with Crippen LogP contribution < -0.4 is 9.04 Å². The van der Waals surface area contributed by atoms with Crippen LogP contribution in [0.15, 0.2) is 114 Å². The summed E-state index contributed by atoms with van der Waals surface area (Å²) in [4.78, 5) is 15.2. The zero-order chi connectivity index (χ0) is 26.3. The molecule has 8 heteroatoms. The molecule has 0 aromatic heterocycles. The third kappa shape index (κ3) is 6.54. The van der Waals surface area contributed by atoms with Gasteiger partial charge in [0, 0.05) is 13.1 Å². The predicted octanol–water partition coefficient (Wildman–Crippen LogP) is 5.26. The van der Waals surface area contributed by atoms with Crippen LogP contribution in [-0.2, 0) is 27.9 Å². The molecule has 0 N–H and O–H groups in total. The lowest BCUT2D eigenvalue weighted by atomic mass is 10.1. The summed E-state index contributed by atoms with van der Waals surface area (Å²) in [6.45, 7) is 0.176. The Morgan fingerprint density at radius 2 is 1.27 bits per heavy atom. The molecule has 0 spiro atoms. The number of anilines is 1. The molecule has 0 aliphatic carbocycles. The molecule has 0 saturated heterocycles. The van der Waals surface area contributed by atoms with Crippen LogP contribution >= 0.6 is 0 Å². The zero-order valence-electron chi connectivity index (χ0n) is 20.3. The van der Waals surface area contributed by atoms with Crippen LogP contribution in [0.25, 0.3) is 0 Å². The Labute approximate surface area is 216 Å². The summed E-state index contributed by atoms with van der Waals surface area (Å²) in [6.07, 6.45) is 0. The molecular formula is C29H27FN2O4S. The summed E-state index contributed by atoms with van der Waals surface area (Å²) < 4.78 is 47.1. The van der Waals surface area contributed by atoms with Gasteiger partial charge in [-0.1, -0.05) is 60.7 Å². The fraction of sp³-hybridized carbons (Fsp3) is 0.138. The summed E-state index contributed by atoms with van der Waals surface area (Å²) in [6, 6.07) is 30.0. The number of hydrogen-bond donors (Lipinski definition) is 0. The average molecular weight is 519 g/mol. The molecule has 1 amide bonds. The third-order valence-corrected chi connectivity index (χ3v) is 7.61. The van der Waals surface area contributed by atoms with E-state index in [0.717, 1.165) is 27.6 Å². The Morgan fingerprint density at radius 3 is 1.76 bits per heavy atom. The summed E-state index contributed by atoms with van der Waals surface area (Å²) in [7, 11) is -2.68. The maximum absolute atomic E-state index is 13.7. The van der Waals surface area contributed by atoms with Crippen molar-refractivity contribution in [2.24, 2.45) is 0 Å². The van der Waals surface area contributed by atoms with Crippen molar-refractivity contribution in [1.29, 1.82) is 0 Å². The van der Waals surface area contributed by atoms with E-state index in [1.165, 1.54) is 19.2 Å². The molecule has 37 heavy (non-hydrogen) atoms. The normalized spacial score (nSPS) is 11.1. The van der Waals surface area contributed by atoms with Gasteiger partial charge in [-0.25, -0.2) is 12.8 Å². The number of sulfonamides is 1. The first-order valence-corrected chi connectivity index (χ1v) is 13.1. The second kappa shape index (κ2) is 11.7. The van der Waals surface area contributed by atoms with Crippen molar-refractivity contribution in [3.05, 3.63) is 126 Å². The van der Waals surface area contributed by atoms with E-state index in [4.69, 9.17) is 4.74 Å². The molecule has 0 radical (unpaired) electrons. The number of ether oxygens (including phenoxy) is 1. The van der Waals surface area contributed by atoms with E-state index in [0.29, 0.717) is 18.8 Å². The van der Waals surface area contributed by atoms with Gasteiger partial charge in [0.1, 0.15) is 18.1 Å². The minimum atomic E-state index is -4.19. The predicted molar refractivity (Wildman–Crippen MR) is 141 cm³/mol. The molecule has 190 valence electrons. The van der Waals surface area contributed by atoms with Gasteiger partial charge in [0.05, 0.1) is 17.7 Å². The minimum Gasteiger partial charge on any atom is -0.497 e. The SMILES string of the molecule is COc1ccc(N(CC(=O)N(Cc2ccccc2)Cc2ccccc2)S(=O)(=O)c2ccc(F)cc2)cc1. The van der Waals surface area contributed by atoms with E-state index < -0.39 is 22.4 Å². The molecule has 0 saturated carbocycles. The van der Waals surface area contributed by atoms with Gasteiger partial charge in [-0.3, -0.25) is 9.10 Å². The highest BCUT2D eigenvalue weighted by Gasteiger charge is 2.29. The number of methoxy groups -OCH3 is 1. The number of rotatable bonds is 10. The van der Waals surface area contributed by atoms with E-state index in [9.17, 15) is 17.6 Å². The molecule has 4 rings (SSSR count). The van der Waals surface area contributed by atoms with Crippen LogP contribution in [0.5, 0.6) is 5.75 Å². The first-order valence-electron chi connectivity index (χ1n) is 11.6. The number of benzene rings is 4. The number of hydrogen-bond acceptors (Lipinski definition) is 4.